The van der Waals surface area contributed by atoms with Gasteiger partial charge in [-0.25, -0.2) is 0 Å². The second kappa shape index (κ2) is 5.34. The zero-order valence-corrected chi connectivity index (χ0v) is 14.6. The summed E-state index contributed by atoms with van der Waals surface area (Å²) in [5, 5.41) is 20.4. The van der Waals surface area contributed by atoms with Crippen molar-refractivity contribution in [3.63, 3.8) is 0 Å². The van der Waals surface area contributed by atoms with Gasteiger partial charge in [0.25, 0.3) is 0 Å². The van der Waals surface area contributed by atoms with E-state index in [1.807, 2.05) is 26.0 Å². The molecule has 1 aromatic carbocycles. The van der Waals surface area contributed by atoms with Crippen molar-refractivity contribution in [2.24, 2.45) is 11.3 Å². The minimum absolute atomic E-state index is 0.117. The molecule has 0 amide bonds. The first-order valence-electron chi connectivity index (χ1n) is 8.74. The van der Waals surface area contributed by atoms with Crippen LogP contribution in [-0.4, -0.2) is 22.6 Å². The summed E-state index contributed by atoms with van der Waals surface area (Å²) in [6, 6.07) is 3.74. The summed E-state index contributed by atoms with van der Waals surface area (Å²) in [6.07, 6.45) is 3.52. The zero-order valence-electron chi connectivity index (χ0n) is 14.6. The molecule has 0 aromatic heterocycles. The summed E-state index contributed by atoms with van der Waals surface area (Å²) < 4.78 is 0. The van der Waals surface area contributed by atoms with Crippen LogP contribution >= 0.6 is 0 Å². The highest BCUT2D eigenvalue weighted by Crippen LogP contribution is 2.57. The average molecular weight is 316 g/mol. The molecule has 23 heavy (non-hydrogen) atoms. The normalized spacial score (nSPS) is 33.5. The second-order valence-corrected chi connectivity index (χ2v) is 8.37. The van der Waals surface area contributed by atoms with Gasteiger partial charge in [0.2, 0.25) is 0 Å². The predicted molar refractivity (Wildman–Crippen MR) is 91.0 cm³/mol. The number of ketones is 1. The van der Waals surface area contributed by atoms with Gasteiger partial charge in [-0.15, -0.1) is 0 Å². The highest BCUT2D eigenvalue weighted by atomic mass is 16.3. The van der Waals surface area contributed by atoms with Gasteiger partial charge >= 0.3 is 0 Å². The Kier molecular flexibility index (Phi) is 3.83. The van der Waals surface area contributed by atoms with Crippen LogP contribution in [0.1, 0.15) is 80.8 Å². The molecule has 0 unspecified atom stereocenters. The molecule has 3 heteroatoms. The van der Waals surface area contributed by atoms with Gasteiger partial charge in [-0.1, -0.05) is 34.1 Å². The number of Topliss-reactive ketones (excluding diaryl/α,β-unsaturated/α-hetero) is 1. The SMILES string of the molecule is CC(C)c1cc2c(cc1O)[C@@]1(C)CCC[C@@](C)(CO)[C@@H]1CC2=O. The number of fused-ring (bicyclic) bond motifs is 3. The van der Waals surface area contributed by atoms with Crippen LogP contribution in [0.15, 0.2) is 12.1 Å². The van der Waals surface area contributed by atoms with Crippen LogP contribution in [0, 0.1) is 11.3 Å². The number of rotatable bonds is 2. The zero-order chi connectivity index (χ0) is 17.0. The number of phenolic OH excluding ortho intramolecular Hbond substituents is 1. The molecule has 3 nitrogen and oxygen atoms in total. The first kappa shape index (κ1) is 16.5. The van der Waals surface area contributed by atoms with Crippen LogP contribution in [0.4, 0.5) is 0 Å². The number of carbonyl (C=O) groups excluding carboxylic acids is 1. The van der Waals surface area contributed by atoms with Gasteiger partial charge in [0.05, 0.1) is 0 Å². The number of phenols is 1. The summed E-state index contributed by atoms with van der Waals surface area (Å²) >= 11 is 0. The van der Waals surface area contributed by atoms with Crippen LogP contribution < -0.4 is 0 Å². The van der Waals surface area contributed by atoms with E-state index in [0.29, 0.717) is 12.2 Å². The number of hydrogen-bond donors (Lipinski definition) is 2. The Bertz CT molecular complexity index is 649. The number of aliphatic hydroxyl groups excluding tert-OH is 1. The smallest absolute Gasteiger partial charge is 0.163 e. The summed E-state index contributed by atoms with van der Waals surface area (Å²) in [5.41, 5.74) is 2.26. The van der Waals surface area contributed by atoms with Gasteiger partial charge in [0, 0.05) is 18.6 Å². The molecule has 2 N–H and O–H groups in total. The van der Waals surface area contributed by atoms with E-state index in [9.17, 15) is 15.0 Å². The highest BCUT2D eigenvalue weighted by Gasteiger charge is 2.53. The van der Waals surface area contributed by atoms with E-state index in [0.717, 1.165) is 36.0 Å². The van der Waals surface area contributed by atoms with E-state index >= 15 is 0 Å². The molecular weight excluding hydrogens is 288 g/mol. The third kappa shape index (κ3) is 2.32. The molecule has 126 valence electrons. The highest BCUT2D eigenvalue weighted by molar-refractivity contribution is 6.00. The Labute approximate surface area is 138 Å². The fourth-order valence-electron chi connectivity index (χ4n) is 5.03. The lowest BCUT2D eigenvalue weighted by molar-refractivity contribution is -0.0142. The number of aliphatic hydroxyl groups is 1. The molecule has 0 aliphatic heterocycles. The van der Waals surface area contributed by atoms with Crippen molar-refractivity contribution in [3.8, 4) is 5.75 Å². The molecule has 2 aliphatic rings. The first-order valence-corrected chi connectivity index (χ1v) is 8.74. The molecule has 3 rings (SSSR count). The Morgan fingerprint density at radius 3 is 2.57 bits per heavy atom. The van der Waals surface area contributed by atoms with Gasteiger partial charge in [0.1, 0.15) is 5.75 Å². The maximum absolute atomic E-state index is 12.8. The second-order valence-electron chi connectivity index (χ2n) is 8.37. The summed E-state index contributed by atoms with van der Waals surface area (Å²) in [6.45, 7) is 8.50. The van der Waals surface area contributed by atoms with Crippen LogP contribution in [-0.2, 0) is 5.41 Å². The molecule has 0 spiro atoms. The molecular formula is C20H28O3. The first-order chi connectivity index (χ1) is 10.7. The lowest BCUT2D eigenvalue weighted by atomic mass is 9.49. The van der Waals surface area contributed by atoms with Gasteiger partial charge in [-0.2, -0.15) is 0 Å². The fraction of sp³-hybridized carbons (Fsp3) is 0.650. The number of aromatic hydroxyl groups is 1. The minimum atomic E-state index is -0.216. The van der Waals surface area contributed by atoms with Crippen molar-refractivity contribution in [3.05, 3.63) is 28.8 Å². The van der Waals surface area contributed by atoms with E-state index in [1.165, 1.54) is 0 Å². The molecule has 3 atom stereocenters. The van der Waals surface area contributed by atoms with Crippen LogP contribution in [0.3, 0.4) is 0 Å². The van der Waals surface area contributed by atoms with Crippen LogP contribution in [0.2, 0.25) is 0 Å². The Hall–Kier alpha value is -1.35. The van der Waals surface area contributed by atoms with Gasteiger partial charge in [-0.3, -0.25) is 4.79 Å². The molecule has 1 fully saturated rings. The summed E-state index contributed by atoms with van der Waals surface area (Å²) in [5.74, 6) is 0.779. The standard InChI is InChI=1S/C20H28O3/c1-12(2)13-8-14-15(9-16(13)22)20(4)7-5-6-19(3,11-21)18(20)10-17(14)23/h8-9,12,18,21-22H,5-7,10-11H2,1-4H3/t18-,19-,20+/m0/s1. The molecule has 1 saturated carbocycles. The lowest BCUT2D eigenvalue weighted by Crippen LogP contribution is -2.51. The van der Waals surface area contributed by atoms with E-state index < -0.39 is 0 Å². The Balaban J connectivity index is 2.19. The van der Waals surface area contributed by atoms with Crippen LogP contribution in [0.25, 0.3) is 0 Å². The van der Waals surface area contributed by atoms with Gasteiger partial charge < -0.3 is 10.2 Å². The van der Waals surface area contributed by atoms with Crippen molar-refractivity contribution < 1.29 is 15.0 Å². The molecule has 2 aliphatic carbocycles. The quantitative estimate of drug-likeness (QED) is 0.861. The number of hydrogen-bond acceptors (Lipinski definition) is 3. The third-order valence-electron chi connectivity index (χ3n) is 6.51. The van der Waals surface area contributed by atoms with Crippen molar-refractivity contribution in [1.29, 1.82) is 0 Å². The van der Waals surface area contributed by atoms with E-state index in [4.69, 9.17) is 0 Å². The van der Waals surface area contributed by atoms with Crippen molar-refractivity contribution in [2.45, 2.75) is 64.7 Å². The number of carbonyl (C=O) groups is 1. The van der Waals surface area contributed by atoms with Crippen molar-refractivity contribution >= 4 is 5.78 Å². The molecule has 0 radical (unpaired) electrons. The average Bonchev–Trinajstić information content (AvgIpc) is 2.49. The van der Waals surface area contributed by atoms with Crippen molar-refractivity contribution in [2.75, 3.05) is 6.61 Å². The molecule has 0 saturated heterocycles. The molecule has 0 heterocycles. The van der Waals surface area contributed by atoms with Crippen LogP contribution in [0.5, 0.6) is 5.75 Å². The van der Waals surface area contributed by atoms with Gasteiger partial charge in [0.15, 0.2) is 5.78 Å². The molecule has 1 aromatic rings. The van der Waals surface area contributed by atoms with Crippen molar-refractivity contribution in [1.82, 2.24) is 0 Å². The predicted octanol–water partition coefficient (Wildman–Crippen LogP) is 4.16. The largest absolute Gasteiger partial charge is 0.508 e. The minimum Gasteiger partial charge on any atom is -0.508 e. The van der Waals surface area contributed by atoms with E-state index in [-0.39, 0.29) is 35.1 Å². The van der Waals surface area contributed by atoms with E-state index in [2.05, 4.69) is 13.8 Å². The topological polar surface area (TPSA) is 57.5 Å². The van der Waals surface area contributed by atoms with E-state index in [1.54, 1.807) is 0 Å². The summed E-state index contributed by atoms with van der Waals surface area (Å²) in [7, 11) is 0. The van der Waals surface area contributed by atoms with Gasteiger partial charge in [-0.05, 0) is 58.8 Å². The monoisotopic (exact) mass is 316 g/mol. The maximum Gasteiger partial charge on any atom is 0.163 e. The Morgan fingerprint density at radius 2 is 1.96 bits per heavy atom. The summed E-state index contributed by atoms with van der Waals surface area (Å²) in [4.78, 5) is 12.8. The molecule has 0 bridgehead atoms. The fourth-order valence-corrected chi connectivity index (χ4v) is 5.03. The lowest BCUT2D eigenvalue weighted by Gasteiger charge is -2.54. The maximum atomic E-state index is 12.8. The third-order valence-corrected chi connectivity index (χ3v) is 6.51. The Morgan fingerprint density at radius 1 is 1.26 bits per heavy atom. The number of benzene rings is 1.